The molecule has 7 rings (SSSR count). The van der Waals surface area contributed by atoms with Gasteiger partial charge in [0.15, 0.2) is 11.6 Å². The Balaban J connectivity index is 1.12. The molecule has 4 heterocycles. The number of ether oxygens (including phenoxy) is 2. The van der Waals surface area contributed by atoms with Gasteiger partial charge in [-0.1, -0.05) is 35.3 Å². The van der Waals surface area contributed by atoms with Crippen LogP contribution in [-0.2, 0) is 22.5 Å². The van der Waals surface area contributed by atoms with Crippen LogP contribution in [0.5, 0.6) is 5.75 Å². The van der Waals surface area contributed by atoms with Crippen molar-refractivity contribution in [1.82, 2.24) is 20.5 Å². The highest BCUT2D eigenvalue weighted by atomic mass is 35.5. The summed E-state index contributed by atoms with van der Waals surface area (Å²) in [7, 11) is 1.69. The molecule has 8 nitrogen and oxygen atoms in total. The molecule has 3 fully saturated rings. The van der Waals surface area contributed by atoms with Crippen molar-refractivity contribution in [2.24, 2.45) is 0 Å². The number of hydrogen-bond donors (Lipinski definition) is 2. The number of methoxy groups -OCH3 is 1. The molecule has 48 heavy (non-hydrogen) atoms. The molecule has 0 unspecified atom stereocenters. The summed E-state index contributed by atoms with van der Waals surface area (Å²) < 4.78 is 39.3. The summed E-state index contributed by atoms with van der Waals surface area (Å²) in [6, 6.07) is 12.3. The van der Waals surface area contributed by atoms with Gasteiger partial charge in [-0.2, -0.15) is 0 Å². The van der Waals surface area contributed by atoms with Crippen molar-refractivity contribution in [3.05, 3.63) is 92.6 Å². The predicted molar refractivity (Wildman–Crippen MR) is 183 cm³/mol. The summed E-state index contributed by atoms with van der Waals surface area (Å²) >= 11 is 12.7. The number of amides is 1. The van der Waals surface area contributed by atoms with Crippen LogP contribution < -0.4 is 20.3 Å². The third kappa shape index (κ3) is 7.05. The second-order valence-electron chi connectivity index (χ2n) is 13.1. The lowest BCUT2D eigenvalue weighted by Crippen LogP contribution is -2.60. The maximum Gasteiger partial charge on any atom is 0.252 e. The van der Waals surface area contributed by atoms with E-state index in [9.17, 15) is 13.6 Å². The summed E-state index contributed by atoms with van der Waals surface area (Å²) in [5.74, 6) is -0.883. The molecule has 2 saturated heterocycles. The largest absolute Gasteiger partial charge is 0.484 e. The zero-order valence-electron chi connectivity index (χ0n) is 26.8. The number of pyridine rings is 1. The van der Waals surface area contributed by atoms with Gasteiger partial charge in [-0.05, 0) is 78.3 Å². The fraction of sp³-hybridized carbons (Fsp3) is 0.444. The Morgan fingerprint density at radius 3 is 2.69 bits per heavy atom. The predicted octanol–water partition coefficient (Wildman–Crippen LogP) is 5.79. The van der Waals surface area contributed by atoms with E-state index in [0.717, 1.165) is 71.6 Å². The highest BCUT2D eigenvalue weighted by Crippen LogP contribution is 2.38. The lowest BCUT2D eigenvalue weighted by Gasteiger charge is -2.41. The minimum Gasteiger partial charge on any atom is -0.484 e. The number of aromatic nitrogens is 1. The van der Waals surface area contributed by atoms with Crippen LogP contribution in [0.2, 0.25) is 10.0 Å². The number of fused-ring (bicyclic) bond motifs is 2. The number of rotatable bonds is 11. The van der Waals surface area contributed by atoms with E-state index in [1.54, 1.807) is 7.11 Å². The molecule has 3 aromatic rings. The minimum atomic E-state index is -0.721. The van der Waals surface area contributed by atoms with Gasteiger partial charge >= 0.3 is 0 Å². The van der Waals surface area contributed by atoms with Gasteiger partial charge in [-0.25, -0.2) is 13.8 Å². The van der Waals surface area contributed by atoms with Gasteiger partial charge in [0.25, 0.3) is 5.91 Å². The Labute approximate surface area is 289 Å². The second-order valence-corrected chi connectivity index (χ2v) is 13.8. The summed E-state index contributed by atoms with van der Waals surface area (Å²) in [5, 5.41) is 7.50. The molecule has 0 radical (unpaired) electrons. The first kappa shape index (κ1) is 33.2. The van der Waals surface area contributed by atoms with Gasteiger partial charge in [0, 0.05) is 68.6 Å². The molecule has 4 aliphatic rings. The number of hydrogen-bond acceptors (Lipinski definition) is 7. The first-order valence-corrected chi connectivity index (χ1v) is 17.3. The van der Waals surface area contributed by atoms with Gasteiger partial charge in [0.1, 0.15) is 22.8 Å². The lowest BCUT2D eigenvalue weighted by molar-refractivity contribution is -0.128. The monoisotopic (exact) mass is 697 g/mol. The smallest absolute Gasteiger partial charge is 0.252 e. The van der Waals surface area contributed by atoms with Crippen molar-refractivity contribution in [2.75, 3.05) is 44.8 Å². The van der Waals surface area contributed by atoms with Crippen LogP contribution in [0.4, 0.5) is 14.6 Å². The van der Waals surface area contributed by atoms with E-state index in [0.29, 0.717) is 50.7 Å². The molecule has 2 aromatic carbocycles. The number of carbonyl (C=O) groups is 1. The van der Waals surface area contributed by atoms with Crippen molar-refractivity contribution in [3.8, 4) is 5.75 Å². The lowest BCUT2D eigenvalue weighted by atomic mass is 9.84. The average Bonchev–Trinajstić information content (AvgIpc) is 3.83. The van der Waals surface area contributed by atoms with Crippen molar-refractivity contribution in [1.29, 1.82) is 0 Å². The standard InChI is InChI=1S/C36H39Cl2F2N5O3/c1-47-13-11-21-2-6-28(37)23(14-21)19-45(25-4-5-25)36(46)33-27(15-24-17-41-18-31(33)43-24)22-3-9-32(42-16-22)44-12-10-26(20-44)48-35-30(40)8-7-29(39)34(35)38/h2-3,6-9,14,16,24-26,31,41,43H,4-5,10-13,15,17-20H2,1H3/t24-,26+,31-/m0/s1. The average molecular weight is 699 g/mol. The summed E-state index contributed by atoms with van der Waals surface area (Å²) in [6.07, 6.45) is 5.52. The normalized spacial score (nSPS) is 22.3. The fourth-order valence-corrected chi connectivity index (χ4v) is 7.40. The number of carbonyl (C=O) groups excluding carboxylic acids is 1. The number of piperazine rings is 1. The Kier molecular flexibility index (Phi) is 9.89. The van der Waals surface area contributed by atoms with Gasteiger partial charge in [-0.3, -0.25) is 4.79 Å². The van der Waals surface area contributed by atoms with Gasteiger partial charge in [0.05, 0.1) is 19.2 Å². The van der Waals surface area contributed by atoms with E-state index < -0.39 is 11.6 Å². The number of benzene rings is 2. The van der Waals surface area contributed by atoms with Crippen LogP contribution in [0, 0.1) is 11.6 Å². The molecule has 3 aliphatic heterocycles. The minimum absolute atomic E-state index is 0.0392. The molecule has 2 bridgehead atoms. The molecular weight excluding hydrogens is 659 g/mol. The molecule has 254 valence electrons. The summed E-state index contributed by atoms with van der Waals surface area (Å²) in [6.45, 7) is 3.66. The SMILES string of the molecule is COCCc1ccc(Cl)c(CN(C(=O)C2=C(c3ccc(N4CC[C@@H](Oc5c(F)ccc(F)c5Cl)C4)nc3)C[C@H]3CNC[C@@H]2N3)C2CC2)c1. The molecule has 3 atom stereocenters. The van der Waals surface area contributed by atoms with E-state index in [1.165, 1.54) is 0 Å². The van der Waals surface area contributed by atoms with E-state index in [1.807, 2.05) is 35.4 Å². The second kappa shape index (κ2) is 14.3. The molecule has 1 aliphatic carbocycles. The van der Waals surface area contributed by atoms with Gasteiger partial charge < -0.3 is 29.9 Å². The van der Waals surface area contributed by atoms with E-state index >= 15 is 0 Å². The number of nitrogens with zero attached hydrogens (tertiary/aromatic N) is 3. The topological polar surface area (TPSA) is 79.0 Å². The maximum atomic E-state index is 14.6. The van der Waals surface area contributed by atoms with Crippen LogP contribution in [-0.4, -0.2) is 79.9 Å². The first-order valence-electron chi connectivity index (χ1n) is 16.6. The number of halogens is 4. The molecular formula is C36H39Cl2F2N5O3. The molecule has 0 spiro atoms. The third-order valence-electron chi connectivity index (χ3n) is 9.68. The fourth-order valence-electron chi connectivity index (χ4n) is 7.02. The molecule has 1 aromatic heterocycles. The quantitative estimate of drug-likeness (QED) is 0.246. The number of nitrogens with one attached hydrogen (secondary N) is 2. The number of anilines is 1. The van der Waals surface area contributed by atoms with Gasteiger partial charge in [-0.15, -0.1) is 0 Å². The maximum absolute atomic E-state index is 14.6. The van der Waals surface area contributed by atoms with E-state index in [-0.39, 0.29) is 40.9 Å². The molecule has 1 amide bonds. The van der Waals surface area contributed by atoms with Crippen LogP contribution in [0.25, 0.3) is 5.57 Å². The summed E-state index contributed by atoms with van der Waals surface area (Å²) in [5.41, 5.74) is 4.81. The molecule has 1 saturated carbocycles. The van der Waals surface area contributed by atoms with Crippen molar-refractivity contribution < 1.29 is 23.0 Å². The van der Waals surface area contributed by atoms with E-state index in [4.69, 9.17) is 37.7 Å². The van der Waals surface area contributed by atoms with Crippen LogP contribution in [0.15, 0.2) is 54.2 Å². The highest BCUT2D eigenvalue weighted by molar-refractivity contribution is 6.32. The van der Waals surface area contributed by atoms with Crippen LogP contribution >= 0.6 is 23.2 Å². The van der Waals surface area contributed by atoms with Crippen molar-refractivity contribution in [2.45, 2.75) is 62.9 Å². The van der Waals surface area contributed by atoms with Crippen molar-refractivity contribution >= 4 is 40.5 Å². The van der Waals surface area contributed by atoms with Crippen molar-refractivity contribution in [3.63, 3.8) is 0 Å². The third-order valence-corrected chi connectivity index (χ3v) is 10.4. The zero-order chi connectivity index (χ0) is 33.4. The van der Waals surface area contributed by atoms with Gasteiger partial charge in [0.2, 0.25) is 0 Å². The summed E-state index contributed by atoms with van der Waals surface area (Å²) in [4.78, 5) is 23.5. The van der Waals surface area contributed by atoms with Crippen LogP contribution in [0.3, 0.4) is 0 Å². The van der Waals surface area contributed by atoms with Crippen LogP contribution in [0.1, 0.15) is 42.4 Å². The Morgan fingerprint density at radius 2 is 1.92 bits per heavy atom. The zero-order valence-corrected chi connectivity index (χ0v) is 28.3. The highest BCUT2D eigenvalue weighted by Gasteiger charge is 2.41. The van der Waals surface area contributed by atoms with E-state index in [2.05, 4.69) is 21.6 Å². The molecule has 2 N–H and O–H groups in total. The molecule has 12 heteroatoms. The first-order chi connectivity index (χ1) is 23.3. The Morgan fingerprint density at radius 1 is 1.08 bits per heavy atom. The Hall–Kier alpha value is -3.28. The Bertz CT molecular complexity index is 1700.